The number of nitrogens with two attached hydrogens (primary N) is 1. The zero-order valence-corrected chi connectivity index (χ0v) is 14.9. The highest BCUT2D eigenvalue weighted by atomic mass is 32.1. The summed E-state index contributed by atoms with van der Waals surface area (Å²) in [6.07, 6.45) is 0. The van der Waals surface area contributed by atoms with Crippen LogP contribution in [0.25, 0.3) is 0 Å². The van der Waals surface area contributed by atoms with Crippen LogP contribution in [0.2, 0.25) is 0 Å². The molecule has 1 aliphatic heterocycles. The quantitative estimate of drug-likeness (QED) is 0.680. The van der Waals surface area contributed by atoms with Crippen molar-refractivity contribution in [2.24, 2.45) is 17.6 Å². The number of primary amides is 1. The lowest BCUT2D eigenvalue weighted by Gasteiger charge is -2.34. The van der Waals surface area contributed by atoms with Crippen LogP contribution in [0.5, 0.6) is 11.5 Å². The molecule has 130 valence electrons. The van der Waals surface area contributed by atoms with Gasteiger partial charge in [0.05, 0.1) is 19.8 Å². The Morgan fingerprint density at radius 1 is 1.42 bits per heavy atom. The number of rotatable bonds is 6. The molecule has 0 radical (unpaired) electrons. The van der Waals surface area contributed by atoms with E-state index in [4.69, 9.17) is 27.4 Å². The van der Waals surface area contributed by atoms with Gasteiger partial charge in [-0.3, -0.25) is 4.79 Å². The minimum absolute atomic E-state index is 0.403. The molecule has 0 aromatic heterocycles. The van der Waals surface area contributed by atoms with Crippen molar-refractivity contribution in [2.45, 2.75) is 19.9 Å². The Morgan fingerprint density at radius 3 is 2.71 bits per heavy atom. The summed E-state index contributed by atoms with van der Waals surface area (Å²) in [5.74, 6) is 0.546. The third-order valence-corrected chi connectivity index (χ3v) is 3.91. The Morgan fingerprint density at radius 2 is 2.12 bits per heavy atom. The van der Waals surface area contributed by atoms with Gasteiger partial charge in [-0.1, -0.05) is 26.5 Å². The summed E-state index contributed by atoms with van der Waals surface area (Å²) >= 11 is 5.17. The van der Waals surface area contributed by atoms with Crippen molar-refractivity contribution in [3.05, 3.63) is 36.0 Å². The number of ether oxygens (including phenoxy) is 2. The number of benzene rings is 1. The van der Waals surface area contributed by atoms with Gasteiger partial charge in [-0.2, -0.15) is 0 Å². The van der Waals surface area contributed by atoms with Crippen molar-refractivity contribution < 1.29 is 14.3 Å². The van der Waals surface area contributed by atoms with Crippen molar-refractivity contribution in [3.63, 3.8) is 0 Å². The number of hydrogen-bond donors (Lipinski definition) is 3. The van der Waals surface area contributed by atoms with E-state index in [1.807, 2.05) is 18.2 Å². The van der Waals surface area contributed by atoms with Crippen LogP contribution >= 0.6 is 12.2 Å². The largest absolute Gasteiger partial charge is 0.493 e. The molecule has 7 heteroatoms. The van der Waals surface area contributed by atoms with Crippen molar-refractivity contribution >= 4 is 23.2 Å². The van der Waals surface area contributed by atoms with E-state index in [1.54, 1.807) is 7.11 Å². The highest BCUT2D eigenvalue weighted by Crippen LogP contribution is 2.35. The van der Waals surface area contributed by atoms with Gasteiger partial charge >= 0.3 is 0 Å². The van der Waals surface area contributed by atoms with Crippen LogP contribution in [0.3, 0.4) is 0 Å². The van der Waals surface area contributed by atoms with Gasteiger partial charge in [0.2, 0.25) is 5.91 Å². The second kappa shape index (κ2) is 7.53. The molecular weight excluding hydrogens is 326 g/mol. The van der Waals surface area contributed by atoms with Crippen LogP contribution in [0, 0.1) is 11.8 Å². The fourth-order valence-corrected chi connectivity index (χ4v) is 2.81. The molecule has 0 bridgehead atoms. The number of methoxy groups -OCH3 is 1. The third kappa shape index (κ3) is 3.97. The molecule has 0 spiro atoms. The Labute approximate surface area is 147 Å². The fourth-order valence-electron chi connectivity index (χ4n) is 2.55. The second-order valence-electron chi connectivity index (χ2n) is 6.10. The maximum atomic E-state index is 11.8. The summed E-state index contributed by atoms with van der Waals surface area (Å²) in [7, 11) is 1.58. The third-order valence-electron chi connectivity index (χ3n) is 3.69. The molecular formula is C17H23N3O3S. The van der Waals surface area contributed by atoms with Gasteiger partial charge in [-0.25, -0.2) is 0 Å². The predicted octanol–water partition coefficient (Wildman–Crippen LogP) is 1.86. The van der Waals surface area contributed by atoms with Crippen LogP contribution < -0.4 is 25.8 Å². The van der Waals surface area contributed by atoms with Crippen LogP contribution in [0.15, 0.2) is 30.5 Å². The molecule has 1 aliphatic rings. The topological polar surface area (TPSA) is 85.6 Å². The van der Waals surface area contributed by atoms with Gasteiger partial charge in [0, 0.05) is 5.70 Å². The molecule has 2 atom stereocenters. The lowest BCUT2D eigenvalue weighted by molar-refractivity contribution is -0.121. The van der Waals surface area contributed by atoms with E-state index in [0.29, 0.717) is 34.8 Å². The van der Waals surface area contributed by atoms with E-state index in [0.717, 1.165) is 5.56 Å². The zero-order chi connectivity index (χ0) is 17.9. The first-order valence-corrected chi connectivity index (χ1v) is 8.10. The Balaban J connectivity index is 2.33. The minimum atomic E-state index is -0.621. The molecule has 1 saturated heterocycles. The molecule has 1 amide bonds. The van der Waals surface area contributed by atoms with E-state index in [9.17, 15) is 4.79 Å². The Hall–Kier alpha value is -2.28. The first-order chi connectivity index (χ1) is 11.3. The van der Waals surface area contributed by atoms with E-state index < -0.39 is 17.9 Å². The van der Waals surface area contributed by atoms with Gasteiger partial charge in [0.25, 0.3) is 0 Å². The summed E-state index contributed by atoms with van der Waals surface area (Å²) in [5.41, 5.74) is 6.83. The zero-order valence-electron chi connectivity index (χ0n) is 14.1. The standard InChI is InChI=1S/C17H23N3O3S/c1-9(2)8-23-12-6-5-11(7-13(12)22-4)15-14(16(18)21)10(3)19-17(24)20-15/h5-7,9,14-15H,3,8H2,1-2,4H3,(H2,18,21)(H2,19,20,24). The summed E-state index contributed by atoms with van der Waals surface area (Å²) in [6.45, 7) is 8.59. The molecule has 2 rings (SSSR count). The maximum Gasteiger partial charge on any atom is 0.228 e. The average molecular weight is 349 g/mol. The Kier molecular flexibility index (Phi) is 5.66. The van der Waals surface area contributed by atoms with Crippen LogP contribution in [-0.4, -0.2) is 24.7 Å². The predicted molar refractivity (Wildman–Crippen MR) is 96.8 cm³/mol. The molecule has 1 aromatic carbocycles. The van der Waals surface area contributed by atoms with Crippen molar-refractivity contribution in [2.75, 3.05) is 13.7 Å². The normalized spacial score (nSPS) is 20.3. The van der Waals surface area contributed by atoms with Crippen LogP contribution in [0.1, 0.15) is 25.5 Å². The SMILES string of the molecule is C=C1NC(=S)NC(c2ccc(OCC(C)C)c(OC)c2)C1C(N)=O. The number of hydrogen-bond acceptors (Lipinski definition) is 4. The maximum absolute atomic E-state index is 11.8. The van der Waals surface area contributed by atoms with Crippen molar-refractivity contribution in [3.8, 4) is 11.5 Å². The van der Waals surface area contributed by atoms with E-state index in [-0.39, 0.29) is 0 Å². The highest BCUT2D eigenvalue weighted by Gasteiger charge is 2.35. The first-order valence-electron chi connectivity index (χ1n) is 7.69. The molecule has 24 heavy (non-hydrogen) atoms. The Bertz CT molecular complexity index is 660. The smallest absolute Gasteiger partial charge is 0.228 e. The number of amides is 1. The lowest BCUT2D eigenvalue weighted by Crippen LogP contribution is -2.52. The molecule has 1 heterocycles. The molecule has 1 aromatic rings. The van der Waals surface area contributed by atoms with Gasteiger partial charge in [0.1, 0.15) is 5.92 Å². The summed E-state index contributed by atoms with van der Waals surface area (Å²) in [6, 6.07) is 5.11. The summed E-state index contributed by atoms with van der Waals surface area (Å²) in [5, 5.41) is 6.33. The van der Waals surface area contributed by atoms with E-state index >= 15 is 0 Å². The van der Waals surface area contributed by atoms with E-state index in [1.165, 1.54) is 0 Å². The average Bonchev–Trinajstić information content (AvgIpc) is 2.51. The molecule has 0 saturated carbocycles. The molecule has 0 aliphatic carbocycles. The fraction of sp³-hybridized carbons (Fsp3) is 0.412. The lowest BCUT2D eigenvalue weighted by atomic mass is 9.88. The molecule has 2 unspecified atom stereocenters. The molecule has 1 fully saturated rings. The highest BCUT2D eigenvalue weighted by molar-refractivity contribution is 7.80. The summed E-state index contributed by atoms with van der Waals surface area (Å²) in [4.78, 5) is 11.8. The van der Waals surface area contributed by atoms with Gasteiger partial charge in [0.15, 0.2) is 16.6 Å². The van der Waals surface area contributed by atoms with Crippen molar-refractivity contribution in [1.82, 2.24) is 10.6 Å². The monoisotopic (exact) mass is 349 g/mol. The van der Waals surface area contributed by atoms with Gasteiger partial charge < -0.3 is 25.8 Å². The van der Waals surface area contributed by atoms with Crippen molar-refractivity contribution in [1.29, 1.82) is 0 Å². The van der Waals surface area contributed by atoms with E-state index in [2.05, 4.69) is 31.1 Å². The van der Waals surface area contributed by atoms with Gasteiger partial charge in [-0.05, 0) is 35.8 Å². The number of carbonyl (C=O) groups excluding carboxylic acids is 1. The summed E-state index contributed by atoms with van der Waals surface area (Å²) < 4.78 is 11.2. The minimum Gasteiger partial charge on any atom is -0.493 e. The molecule has 6 nitrogen and oxygen atoms in total. The van der Waals surface area contributed by atoms with Crippen LogP contribution in [0.4, 0.5) is 0 Å². The van der Waals surface area contributed by atoms with Gasteiger partial charge in [-0.15, -0.1) is 0 Å². The van der Waals surface area contributed by atoms with Crippen LogP contribution in [-0.2, 0) is 4.79 Å². The number of carbonyl (C=O) groups is 1. The molecule has 4 N–H and O–H groups in total. The second-order valence-corrected chi connectivity index (χ2v) is 6.50. The first kappa shape index (κ1) is 18.1. The number of thiocarbonyl (C=S) groups is 1. The number of nitrogens with one attached hydrogen (secondary N) is 2.